The minimum absolute atomic E-state index is 0.0520. The Kier molecular flexibility index (Phi) is 2.92. The Morgan fingerprint density at radius 3 is 2.33 bits per heavy atom. The molecule has 0 spiro atoms. The van der Waals surface area contributed by atoms with Crippen molar-refractivity contribution in [1.82, 2.24) is 10.2 Å². The van der Waals surface area contributed by atoms with Crippen molar-refractivity contribution in [2.75, 3.05) is 0 Å². The molecule has 1 heterocycles. The molecule has 3 nitrogen and oxygen atoms in total. The molecule has 7 heteroatoms. The van der Waals surface area contributed by atoms with Crippen molar-refractivity contribution in [2.24, 2.45) is 0 Å². The molecule has 0 atom stereocenters. The summed E-state index contributed by atoms with van der Waals surface area (Å²) in [5.74, 6) is -1.35. The summed E-state index contributed by atoms with van der Waals surface area (Å²) in [5.41, 5.74) is 0. The Balaban J connectivity index is 2.24. The molecule has 0 N–H and O–H groups in total. The van der Waals surface area contributed by atoms with Crippen LogP contribution in [-0.4, -0.2) is 10.2 Å². The Morgan fingerprint density at radius 2 is 1.80 bits per heavy atom. The molecule has 0 amide bonds. The molecular formula is C8H3BrF2N2OS. The van der Waals surface area contributed by atoms with Gasteiger partial charge in [0.05, 0.1) is 0 Å². The maximum Gasteiger partial charge on any atom is 0.300 e. The lowest BCUT2D eigenvalue weighted by Crippen LogP contribution is -1.86. The van der Waals surface area contributed by atoms with Gasteiger partial charge in [-0.2, -0.15) is 0 Å². The zero-order valence-electron chi connectivity index (χ0n) is 7.08. The molecule has 0 fully saturated rings. The van der Waals surface area contributed by atoms with Crippen LogP contribution >= 0.6 is 27.3 Å². The summed E-state index contributed by atoms with van der Waals surface area (Å²) in [6, 6.07) is 2.90. The highest BCUT2D eigenvalue weighted by atomic mass is 79.9. The fraction of sp³-hybridized carbons (Fsp3) is 0. The molecule has 2 rings (SSSR count). The molecule has 78 valence electrons. The van der Waals surface area contributed by atoms with E-state index in [9.17, 15) is 8.78 Å². The maximum absolute atomic E-state index is 12.8. The van der Waals surface area contributed by atoms with Gasteiger partial charge in [0.15, 0.2) is 3.92 Å². The second-order valence-corrected chi connectivity index (χ2v) is 4.74. The minimum Gasteiger partial charge on any atom is -0.430 e. The summed E-state index contributed by atoms with van der Waals surface area (Å²) in [7, 11) is 0. The van der Waals surface area contributed by atoms with Crippen molar-refractivity contribution in [3.63, 3.8) is 0 Å². The molecule has 0 aliphatic carbocycles. The number of ether oxygens (including phenoxy) is 1. The smallest absolute Gasteiger partial charge is 0.300 e. The zero-order valence-corrected chi connectivity index (χ0v) is 9.48. The largest absolute Gasteiger partial charge is 0.430 e. The quantitative estimate of drug-likeness (QED) is 0.851. The molecule has 0 saturated heterocycles. The van der Waals surface area contributed by atoms with Gasteiger partial charge in [0.2, 0.25) is 0 Å². The fourth-order valence-corrected chi connectivity index (χ4v) is 1.86. The van der Waals surface area contributed by atoms with Crippen LogP contribution in [0.1, 0.15) is 0 Å². The number of hydrogen-bond donors (Lipinski definition) is 0. The van der Waals surface area contributed by atoms with Crippen LogP contribution in [-0.2, 0) is 0 Å². The lowest BCUT2D eigenvalue weighted by Gasteiger charge is -2.00. The molecule has 1 aromatic carbocycles. The Hall–Kier alpha value is -1.08. The second kappa shape index (κ2) is 4.19. The summed E-state index contributed by atoms with van der Waals surface area (Å²) in [6.45, 7) is 0. The SMILES string of the molecule is Fc1cc(F)cc(Oc2nnc(Br)s2)c1. The van der Waals surface area contributed by atoms with E-state index in [-0.39, 0.29) is 10.9 Å². The van der Waals surface area contributed by atoms with E-state index in [1.165, 1.54) is 0 Å². The van der Waals surface area contributed by atoms with Crippen molar-refractivity contribution in [1.29, 1.82) is 0 Å². The van der Waals surface area contributed by atoms with Gasteiger partial charge in [0.25, 0.3) is 5.19 Å². The van der Waals surface area contributed by atoms with Crippen molar-refractivity contribution in [3.8, 4) is 10.9 Å². The topological polar surface area (TPSA) is 35.0 Å². The predicted molar refractivity (Wildman–Crippen MR) is 54.0 cm³/mol. The normalized spacial score (nSPS) is 10.3. The van der Waals surface area contributed by atoms with E-state index in [0.29, 0.717) is 3.92 Å². The van der Waals surface area contributed by atoms with E-state index >= 15 is 0 Å². The van der Waals surface area contributed by atoms with E-state index in [1.54, 1.807) is 0 Å². The number of rotatable bonds is 2. The predicted octanol–water partition coefficient (Wildman–Crippen LogP) is 3.37. The van der Waals surface area contributed by atoms with Crippen LogP contribution in [0.4, 0.5) is 8.78 Å². The number of benzene rings is 1. The standard InChI is InChI=1S/C8H3BrF2N2OS/c9-7-12-13-8(15-7)14-6-2-4(10)1-5(11)3-6/h1-3H. The molecule has 0 unspecified atom stereocenters. The van der Waals surface area contributed by atoms with Crippen LogP contribution in [0.15, 0.2) is 22.1 Å². The van der Waals surface area contributed by atoms with Crippen LogP contribution < -0.4 is 4.74 Å². The summed E-state index contributed by atoms with van der Waals surface area (Å²) < 4.78 is 31.2. The highest BCUT2D eigenvalue weighted by Gasteiger charge is 2.06. The first-order chi connectivity index (χ1) is 7.13. The number of halogens is 3. The molecule has 0 bridgehead atoms. The van der Waals surface area contributed by atoms with Crippen molar-refractivity contribution >= 4 is 27.3 Å². The summed E-state index contributed by atoms with van der Waals surface area (Å²) >= 11 is 4.21. The minimum atomic E-state index is -0.700. The number of hydrogen-bond acceptors (Lipinski definition) is 4. The Labute approximate surface area is 95.8 Å². The molecule has 15 heavy (non-hydrogen) atoms. The first-order valence-corrected chi connectivity index (χ1v) is 5.37. The Bertz CT molecular complexity index is 471. The highest BCUT2D eigenvalue weighted by molar-refractivity contribution is 9.11. The van der Waals surface area contributed by atoms with Gasteiger partial charge in [-0.05, 0) is 27.3 Å². The molecular weight excluding hydrogens is 290 g/mol. The first-order valence-electron chi connectivity index (χ1n) is 3.76. The Morgan fingerprint density at radius 1 is 1.13 bits per heavy atom. The van der Waals surface area contributed by atoms with Gasteiger partial charge in [-0.25, -0.2) is 8.78 Å². The van der Waals surface area contributed by atoms with Crippen LogP contribution in [0, 0.1) is 11.6 Å². The first kappa shape index (κ1) is 10.4. The van der Waals surface area contributed by atoms with Crippen molar-refractivity contribution in [3.05, 3.63) is 33.8 Å². The summed E-state index contributed by atoms with van der Waals surface area (Å²) in [5, 5.41) is 7.47. The van der Waals surface area contributed by atoms with E-state index in [2.05, 4.69) is 26.1 Å². The fourth-order valence-electron chi connectivity index (χ4n) is 0.923. The van der Waals surface area contributed by atoms with Crippen LogP contribution in [0.3, 0.4) is 0 Å². The van der Waals surface area contributed by atoms with Gasteiger partial charge in [0.1, 0.15) is 17.4 Å². The summed E-state index contributed by atoms with van der Waals surface area (Å²) in [6.07, 6.45) is 0. The number of nitrogens with zero attached hydrogens (tertiary/aromatic N) is 2. The van der Waals surface area contributed by atoms with Gasteiger partial charge in [0, 0.05) is 18.2 Å². The van der Waals surface area contributed by atoms with Gasteiger partial charge < -0.3 is 4.74 Å². The maximum atomic E-state index is 12.8. The third kappa shape index (κ3) is 2.69. The van der Waals surface area contributed by atoms with Gasteiger partial charge in [-0.3, -0.25) is 0 Å². The molecule has 2 aromatic rings. The van der Waals surface area contributed by atoms with E-state index in [1.807, 2.05) is 0 Å². The van der Waals surface area contributed by atoms with Crippen LogP contribution in [0.2, 0.25) is 0 Å². The molecule has 0 saturated carbocycles. The zero-order chi connectivity index (χ0) is 10.8. The summed E-state index contributed by atoms with van der Waals surface area (Å²) in [4.78, 5) is 0. The van der Waals surface area contributed by atoms with Gasteiger partial charge in [-0.1, -0.05) is 5.10 Å². The third-order valence-electron chi connectivity index (χ3n) is 1.42. The lowest BCUT2D eigenvalue weighted by atomic mass is 10.3. The molecule has 0 aliphatic rings. The van der Waals surface area contributed by atoms with Gasteiger partial charge >= 0.3 is 0 Å². The van der Waals surface area contributed by atoms with Crippen LogP contribution in [0.25, 0.3) is 0 Å². The molecule has 0 aliphatic heterocycles. The molecule has 1 aromatic heterocycles. The van der Waals surface area contributed by atoms with E-state index in [0.717, 1.165) is 29.5 Å². The second-order valence-electron chi connectivity index (χ2n) is 2.53. The van der Waals surface area contributed by atoms with E-state index in [4.69, 9.17) is 4.74 Å². The van der Waals surface area contributed by atoms with Crippen LogP contribution in [0.5, 0.6) is 10.9 Å². The lowest BCUT2D eigenvalue weighted by molar-refractivity contribution is 0.460. The monoisotopic (exact) mass is 292 g/mol. The third-order valence-corrected chi connectivity index (χ3v) is 2.66. The van der Waals surface area contributed by atoms with Gasteiger partial charge in [-0.15, -0.1) is 5.10 Å². The highest BCUT2D eigenvalue weighted by Crippen LogP contribution is 2.28. The average molecular weight is 293 g/mol. The van der Waals surface area contributed by atoms with Crippen molar-refractivity contribution < 1.29 is 13.5 Å². The van der Waals surface area contributed by atoms with E-state index < -0.39 is 11.6 Å². The number of aromatic nitrogens is 2. The average Bonchev–Trinajstić information content (AvgIpc) is 2.49. The van der Waals surface area contributed by atoms with Crippen molar-refractivity contribution in [2.45, 2.75) is 0 Å². The molecule has 0 radical (unpaired) electrons.